The molecule has 4 N–H and O–H groups in total. The van der Waals surface area contributed by atoms with Crippen LogP contribution in [-0.4, -0.2) is 30.8 Å². The molecule has 0 atom stereocenters. The summed E-state index contributed by atoms with van der Waals surface area (Å²) in [6, 6.07) is 0. The van der Waals surface area contributed by atoms with Gasteiger partial charge in [-0.05, 0) is 19.1 Å². The fourth-order valence-corrected chi connectivity index (χ4v) is 0.516. The van der Waals surface area contributed by atoms with Crippen LogP contribution in [0, 0.1) is 0 Å². The molecule has 0 aliphatic rings. The molecule has 6 nitrogen and oxygen atoms in total. The normalized spacial score (nSPS) is 8.06. The van der Waals surface area contributed by atoms with E-state index in [1.807, 2.05) is 0 Å². The molecule has 0 unspecified atom stereocenters. The van der Waals surface area contributed by atoms with E-state index in [2.05, 4.69) is 30.4 Å². The molecule has 0 bridgehead atoms. The molecule has 0 fully saturated rings. The number of primary amides is 1. The minimum Gasteiger partial charge on any atom is -0.366 e. The zero-order valence-corrected chi connectivity index (χ0v) is 10.5. The van der Waals surface area contributed by atoms with Crippen LogP contribution in [0.15, 0.2) is 37.5 Å². The molecule has 100 valence electrons. The number of rotatable bonds is 6. The molecule has 6 heteroatoms. The topological polar surface area (TPSA) is 101 Å². The first-order valence-corrected chi connectivity index (χ1v) is 5.11. The Balaban J connectivity index is 0. The third-order valence-electron chi connectivity index (χ3n) is 1.51. The average molecular weight is 253 g/mol. The molecular weight excluding hydrogens is 234 g/mol. The van der Waals surface area contributed by atoms with Crippen LogP contribution < -0.4 is 16.4 Å². The van der Waals surface area contributed by atoms with Gasteiger partial charge in [0.2, 0.25) is 17.7 Å². The van der Waals surface area contributed by atoms with Gasteiger partial charge in [0.1, 0.15) is 0 Å². The summed E-state index contributed by atoms with van der Waals surface area (Å²) in [6.45, 7) is 12.2. The quantitative estimate of drug-likeness (QED) is 0.445. The van der Waals surface area contributed by atoms with Gasteiger partial charge in [0.15, 0.2) is 0 Å². The molecule has 0 aliphatic carbocycles. The maximum Gasteiger partial charge on any atom is 0.243 e. The third-order valence-corrected chi connectivity index (χ3v) is 1.51. The van der Waals surface area contributed by atoms with Gasteiger partial charge >= 0.3 is 0 Å². The largest absolute Gasteiger partial charge is 0.366 e. The van der Waals surface area contributed by atoms with Gasteiger partial charge in [-0.2, -0.15) is 0 Å². The van der Waals surface area contributed by atoms with E-state index in [4.69, 9.17) is 5.73 Å². The van der Waals surface area contributed by atoms with E-state index in [-0.39, 0.29) is 11.8 Å². The van der Waals surface area contributed by atoms with Crippen LogP contribution in [0.25, 0.3) is 0 Å². The van der Waals surface area contributed by atoms with E-state index >= 15 is 0 Å². The van der Waals surface area contributed by atoms with Crippen LogP contribution in [-0.2, 0) is 14.4 Å². The summed E-state index contributed by atoms with van der Waals surface area (Å²) < 4.78 is 0. The summed E-state index contributed by atoms with van der Waals surface area (Å²) in [7, 11) is 0. The Bertz CT molecular complexity index is 314. The minimum atomic E-state index is -0.435. The predicted molar refractivity (Wildman–Crippen MR) is 70.4 cm³/mol. The summed E-state index contributed by atoms with van der Waals surface area (Å²) >= 11 is 0. The Labute approximate surface area is 107 Å². The lowest BCUT2D eigenvalue weighted by molar-refractivity contribution is -0.118. The van der Waals surface area contributed by atoms with Crippen molar-refractivity contribution in [3.05, 3.63) is 37.5 Å². The van der Waals surface area contributed by atoms with Crippen molar-refractivity contribution >= 4 is 17.7 Å². The Morgan fingerprint density at radius 1 is 1.06 bits per heavy atom. The Hall–Kier alpha value is -2.37. The fraction of sp³-hybridized carbons (Fsp3) is 0.250. The minimum absolute atomic E-state index is 0.247. The van der Waals surface area contributed by atoms with Crippen molar-refractivity contribution in [1.82, 2.24) is 10.6 Å². The maximum atomic E-state index is 10.6. The number of nitrogens with one attached hydrogen (secondary N) is 2. The van der Waals surface area contributed by atoms with Gasteiger partial charge in [0.25, 0.3) is 0 Å². The smallest absolute Gasteiger partial charge is 0.243 e. The number of carbonyl (C=O) groups excluding carboxylic acids is 3. The van der Waals surface area contributed by atoms with Crippen molar-refractivity contribution in [3.8, 4) is 0 Å². The first kappa shape index (κ1) is 18.0. The van der Waals surface area contributed by atoms with Crippen molar-refractivity contribution in [1.29, 1.82) is 0 Å². The van der Waals surface area contributed by atoms with Crippen molar-refractivity contribution in [2.45, 2.75) is 6.92 Å². The third kappa shape index (κ3) is 13.6. The van der Waals surface area contributed by atoms with Gasteiger partial charge in [-0.1, -0.05) is 19.7 Å². The van der Waals surface area contributed by atoms with E-state index in [0.29, 0.717) is 18.7 Å². The lowest BCUT2D eigenvalue weighted by atomic mass is 10.3. The van der Waals surface area contributed by atoms with Crippen molar-refractivity contribution < 1.29 is 14.4 Å². The standard InChI is InChI=1S/C8H12N2O2.C4H7NO/c1-3-7(11)9-5-6-10-8(12)4-2;1-3(2)4(5)6/h3-4H,1-2,5-6H2,(H,9,11)(H,10,12);1H2,2H3,(H2,5,6). The van der Waals surface area contributed by atoms with Crippen LogP contribution in [0.2, 0.25) is 0 Å². The van der Waals surface area contributed by atoms with Crippen molar-refractivity contribution in [2.24, 2.45) is 5.73 Å². The maximum absolute atomic E-state index is 10.6. The molecule has 0 rings (SSSR count). The lowest BCUT2D eigenvalue weighted by Crippen LogP contribution is -2.32. The van der Waals surface area contributed by atoms with Gasteiger partial charge in [-0.25, -0.2) is 0 Å². The first-order valence-electron chi connectivity index (χ1n) is 5.11. The second-order valence-electron chi connectivity index (χ2n) is 3.13. The molecular formula is C12H19N3O3. The Morgan fingerprint density at radius 2 is 1.33 bits per heavy atom. The highest BCUT2D eigenvalue weighted by Gasteiger charge is 1.94. The number of carbonyl (C=O) groups is 3. The number of hydrogen-bond acceptors (Lipinski definition) is 3. The molecule has 3 amide bonds. The SMILES string of the molecule is C=C(C)C(N)=O.C=CC(=O)NCCNC(=O)C=C. The second-order valence-corrected chi connectivity index (χ2v) is 3.13. The fourth-order valence-electron chi connectivity index (χ4n) is 0.516. The monoisotopic (exact) mass is 253 g/mol. The molecule has 0 aromatic rings. The van der Waals surface area contributed by atoms with Gasteiger partial charge in [-0.15, -0.1) is 0 Å². The zero-order valence-electron chi connectivity index (χ0n) is 10.5. The Kier molecular flexibility index (Phi) is 11.1. The first-order chi connectivity index (χ1) is 8.34. The van der Waals surface area contributed by atoms with Gasteiger partial charge < -0.3 is 16.4 Å². The van der Waals surface area contributed by atoms with E-state index in [1.165, 1.54) is 12.2 Å². The van der Waals surface area contributed by atoms with Crippen LogP contribution >= 0.6 is 0 Å². The molecule has 0 saturated carbocycles. The average Bonchev–Trinajstić information content (AvgIpc) is 2.34. The highest BCUT2D eigenvalue weighted by Crippen LogP contribution is 1.78. The molecule has 18 heavy (non-hydrogen) atoms. The number of hydrogen-bond donors (Lipinski definition) is 3. The highest BCUT2D eigenvalue weighted by atomic mass is 16.2. The highest BCUT2D eigenvalue weighted by molar-refractivity contribution is 5.90. The molecule has 0 radical (unpaired) electrons. The van der Waals surface area contributed by atoms with E-state index in [1.54, 1.807) is 6.92 Å². The summed E-state index contributed by atoms with van der Waals surface area (Å²) in [6.07, 6.45) is 2.35. The zero-order chi connectivity index (χ0) is 14.6. The van der Waals surface area contributed by atoms with Crippen LogP contribution in [0.3, 0.4) is 0 Å². The summed E-state index contributed by atoms with van der Waals surface area (Å²) in [5.74, 6) is -0.930. The van der Waals surface area contributed by atoms with Crippen LogP contribution in [0.1, 0.15) is 6.92 Å². The lowest BCUT2D eigenvalue weighted by Gasteiger charge is -2.01. The molecule has 0 spiro atoms. The van der Waals surface area contributed by atoms with Gasteiger partial charge in [-0.3, -0.25) is 14.4 Å². The number of nitrogens with two attached hydrogens (primary N) is 1. The van der Waals surface area contributed by atoms with Crippen molar-refractivity contribution in [2.75, 3.05) is 13.1 Å². The molecule has 0 aromatic heterocycles. The van der Waals surface area contributed by atoms with E-state index in [0.717, 1.165) is 0 Å². The predicted octanol–water partition coefficient (Wildman–Crippen LogP) is -0.361. The summed E-state index contributed by atoms with van der Waals surface area (Å²) in [4.78, 5) is 30.9. The molecule has 0 aromatic carbocycles. The van der Waals surface area contributed by atoms with Gasteiger partial charge in [0.05, 0.1) is 0 Å². The molecule has 0 saturated heterocycles. The van der Waals surface area contributed by atoms with Crippen molar-refractivity contribution in [3.63, 3.8) is 0 Å². The molecule has 0 aliphatic heterocycles. The summed E-state index contributed by atoms with van der Waals surface area (Å²) in [5, 5.41) is 5.01. The van der Waals surface area contributed by atoms with Crippen LogP contribution in [0.5, 0.6) is 0 Å². The number of amides is 3. The second kappa shape index (κ2) is 11.1. The Morgan fingerprint density at radius 3 is 1.50 bits per heavy atom. The van der Waals surface area contributed by atoms with Crippen LogP contribution in [0.4, 0.5) is 0 Å². The van der Waals surface area contributed by atoms with E-state index in [9.17, 15) is 14.4 Å². The van der Waals surface area contributed by atoms with Gasteiger partial charge in [0, 0.05) is 18.7 Å². The molecule has 0 heterocycles. The van der Waals surface area contributed by atoms with E-state index < -0.39 is 5.91 Å². The summed E-state index contributed by atoms with van der Waals surface area (Å²) in [5.41, 5.74) is 5.09.